The van der Waals surface area contributed by atoms with Crippen LogP contribution in [0.2, 0.25) is 0 Å². The Bertz CT molecular complexity index is 1200. The van der Waals surface area contributed by atoms with Crippen LogP contribution in [0.1, 0.15) is 23.3 Å². The smallest absolute Gasteiger partial charge is 0.259 e. The first-order chi connectivity index (χ1) is 14.5. The van der Waals surface area contributed by atoms with Gasteiger partial charge in [-0.15, -0.1) is 0 Å². The fourth-order valence-electron chi connectivity index (χ4n) is 3.03. The molecule has 8 heteroatoms. The van der Waals surface area contributed by atoms with Crippen LogP contribution in [0.3, 0.4) is 0 Å². The Morgan fingerprint density at radius 1 is 0.967 bits per heavy atom. The first kappa shape index (κ1) is 19.1. The number of fused-ring (bicyclic) bond motifs is 1. The number of benzene rings is 3. The number of carbonyl (C=O) groups excluding carboxylic acids is 2. The molecule has 1 atom stereocenters. The van der Waals surface area contributed by atoms with E-state index in [1.54, 1.807) is 43.3 Å². The van der Waals surface area contributed by atoms with Gasteiger partial charge in [0, 0.05) is 11.4 Å². The minimum absolute atomic E-state index is 0.0859. The molecule has 0 fully saturated rings. The molecular weight excluding hydrogens is 382 g/mol. The Morgan fingerprint density at radius 2 is 1.60 bits per heavy atom. The minimum atomic E-state index is -0.511. The predicted molar refractivity (Wildman–Crippen MR) is 113 cm³/mol. The number of hydrogen-bond acceptors (Lipinski definition) is 5. The van der Waals surface area contributed by atoms with Crippen molar-refractivity contribution in [1.29, 1.82) is 0 Å². The monoisotopic (exact) mass is 401 g/mol. The maximum atomic E-state index is 12.6. The first-order valence-electron chi connectivity index (χ1n) is 9.29. The fraction of sp³-hybridized carbons (Fsp3) is 0.0909. The van der Waals surface area contributed by atoms with Crippen LogP contribution in [0, 0.1) is 0 Å². The van der Waals surface area contributed by atoms with Gasteiger partial charge in [0.2, 0.25) is 5.91 Å². The summed E-state index contributed by atoms with van der Waals surface area (Å²) in [6.07, 6.45) is 2.85. The lowest BCUT2D eigenvalue weighted by molar-refractivity contribution is -0.119. The molecule has 1 heterocycles. The Kier molecular flexibility index (Phi) is 5.13. The van der Waals surface area contributed by atoms with Crippen LogP contribution in [-0.2, 0) is 4.79 Å². The van der Waals surface area contributed by atoms with Crippen molar-refractivity contribution in [1.82, 2.24) is 14.8 Å². The van der Waals surface area contributed by atoms with Crippen molar-refractivity contribution in [2.75, 3.05) is 10.6 Å². The summed E-state index contributed by atoms with van der Waals surface area (Å²) in [4.78, 5) is 28.7. The molecule has 4 rings (SSSR count). The molecule has 4 aromatic rings. The number of carbonyl (C=O) groups is 2. The molecule has 8 nitrogen and oxygen atoms in total. The zero-order valence-corrected chi connectivity index (χ0v) is 16.1. The van der Waals surface area contributed by atoms with Crippen molar-refractivity contribution < 1.29 is 14.7 Å². The second-order valence-corrected chi connectivity index (χ2v) is 6.79. The molecule has 0 aliphatic rings. The summed E-state index contributed by atoms with van der Waals surface area (Å²) in [7, 11) is 0. The topological polar surface area (TPSA) is 109 Å². The van der Waals surface area contributed by atoms with E-state index >= 15 is 0 Å². The molecule has 0 bridgehead atoms. The zero-order chi connectivity index (χ0) is 21.1. The third kappa shape index (κ3) is 3.97. The highest BCUT2D eigenvalue weighted by Crippen LogP contribution is 2.26. The van der Waals surface area contributed by atoms with E-state index < -0.39 is 11.9 Å². The standard InChI is InChI=1S/C22H19N5O3/c1-14(27-13-23-12-24-27)21(29)25-17-6-8-18(9-7-17)26-22(30)19-10-15-4-2-3-5-16(15)11-20(19)28/h2-14,28H,1H3,(H,25,29)(H,26,30). The van der Waals surface area contributed by atoms with Crippen molar-refractivity contribution >= 4 is 34.0 Å². The van der Waals surface area contributed by atoms with Gasteiger partial charge in [0.1, 0.15) is 24.4 Å². The second-order valence-electron chi connectivity index (χ2n) is 6.79. The molecule has 0 aliphatic heterocycles. The van der Waals surface area contributed by atoms with E-state index in [0.717, 1.165) is 10.8 Å². The largest absolute Gasteiger partial charge is 0.507 e. The molecule has 3 N–H and O–H groups in total. The van der Waals surface area contributed by atoms with E-state index in [1.807, 2.05) is 24.3 Å². The Morgan fingerprint density at radius 3 is 2.23 bits per heavy atom. The second kappa shape index (κ2) is 8.04. The summed E-state index contributed by atoms with van der Waals surface area (Å²) in [6, 6.07) is 16.9. The van der Waals surface area contributed by atoms with Crippen LogP contribution in [0.15, 0.2) is 73.3 Å². The number of anilines is 2. The molecule has 0 aliphatic carbocycles. The number of nitrogens with one attached hydrogen (secondary N) is 2. The van der Waals surface area contributed by atoms with Gasteiger partial charge in [-0.05, 0) is 54.1 Å². The van der Waals surface area contributed by atoms with E-state index in [9.17, 15) is 14.7 Å². The van der Waals surface area contributed by atoms with E-state index in [1.165, 1.54) is 17.3 Å². The summed E-state index contributed by atoms with van der Waals surface area (Å²) >= 11 is 0. The Labute approximate surface area is 172 Å². The maximum absolute atomic E-state index is 12.6. The van der Waals surface area contributed by atoms with Gasteiger partial charge in [0.25, 0.3) is 5.91 Å². The summed E-state index contributed by atoms with van der Waals surface area (Å²) in [6.45, 7) is 1.72. The summed E-state index contributed by atoms with van der Waals surface area (Å²) in [5.74, 6) is -0.745. The third-order valence-electron chi connectivity index (χ3n) is 4.73. The predicted octanol–water partition coefficient (Wildman–Crippen LogP) is 3.59. The minimum Gasteiger partial charge on any atom is -0.507 e. The van der Waals surface area contributed by atoms with Gasteiger partial charge in [-0.25, -0.2) is 9.67 Å². The van der Waals surface area contributed by atoms with Crippen LogP contribution < -0.4 is 10.6 Å². The van der Waals surface area contributed by atoms with Gasteiger partial charge in [-0.2, -0.15) is 5.10 Å². The Hall–Kier alpha value is -4.20. The molecular formula is C22H19N5O3. The highest BCUT2D eigenvalue weighted by Gasteiger charge is 2.16. The number of hydrogen-bond donors (Lipinski definition) is 3. The average Bonchev–Trinajstić information content (AvgIpc) is 3.29. The number of aromatic hydroxyl groups is 1. The number of amides is 2. The van der Waals surface area contributed by atoms with Gasteiger partial charge in [-0.1, -0.05) is 24.3 Å². The summed E-state index contributed by atoms with van der Waals surface area (Å²) < 4.78 is 1.46. The molecule has 1 unspecified atom stereocenters. The summed E-state index contributed by atoms with van der Waals surface area (Å²) in [5.41, 5.74) is 1.31. The van der Waals surface area contributed by atoms with E-state index in [0.29, 0.717) is 11.4 Å². The third-order valence-corrected chi connectivity index (χ3v) is 4.73. The van der Waals surface area contributed by atoms with Gasteiger partial charge < -0.3 is 15.7 Å². The summed E-state index contributed by atoms with van der Waals surface area (Å²) in [5, 5.41) is 21.4. The van der Waals surface area contributed by atoms with Crippen molar-refractivity contribution in [2.45, 2.75) is 13.0 Å². The lowest BCUT2D eigenvalue weighted by Crippen LogP contribution is -2.24. The van der Waals surface area contributed by atoms with E-state index in [2.05, 4.69) is 20.7 Å². The van der Waals surface area contributed by atoms with Crippen molar-refractivity contribution in [3.63, 3.8) is 0 Å². The zero-order valence-electron chi connectivity index (χ0n) is 16.1. The van der Waals surface area contributed by atoms with Gasteiger partial charge in [-0.3, -0.25) is 9.59 Å². The SMILES string of the molecule is CC(C(=O)Nc1ccc(NC(=O)c2cc3ccccc3cc2O)cc1)n1cncn1. The number of phenolic OH excluding ortho intramolecular Hbond substituents is 1. The fourth-order valence-corrected chi connectivity index (χ4v) is 3.03. The van der Waals surface area contributed by atoms with Crippen molar-refractivity contribution in [3.05, 3.63) is 78.9 Å². The van der Waals surface area contributed by atoms with Crippen LogP contribution in [0.5, 0.6) is 5.75 Å². The molecule has 0 radical (unpaired) electrons. The van der Waals surface area contributed by atoms with Crippen LogP contribution in [0.25, 0.3) is 10.8 Å². The first-order valence-corrected chi connectivity index (χ1v) is 9.29. The molecule has 0 saturated carbocycles. The molecule has 0 spiro atoms. The number of aromatic nitrogens is 3. The maximum Gasteiger partial charge on any atom is 0.259 e. The molecule has 30 heavy (non-hydrogen) atoms. The lowest BCUT2D eigenvalue weighted by atomic mass is 10.1. The van der Waals surface area contributed by atoms with Crippen LogP contribution in [0.4, 0.5) is 11.4 Å². The van der Waals surface area contributed by atoms with Gasteiger partial charge in [0.05, 0.1) is 5.56 Å². The normalized spacial score (nSPS) is 11.8. The van der Waals surface area contributed by atoms with Crippen LogP contribution >= 0.6 is 0 Å². The molecule has 1 aromatic heterocycles. The highest BCUT2D eigenvalue weighted by molar-refractivity contribution is 6.08. The van der Waals surface area contributed by atoms with Crippen molar-refractivity contribution in [3.8, 4) is 5.75 Å². The Balaban J connectivity index is 1.44. The number of phenols is 1. The molecule has 0 saturated heterocycles. The molecule has 150 valence electrons. The van der Waals surface area contributed by atoms with Gasteiger partial charge >= 0.3 is 0 Å². The number of nitrogens with zero attached hydrogens (tertiary/aromatic N) is 3. The molecule has 2 amide bonds. The quantitative estimate of drug-likeness (QED) is 0.473. The average molecular weight is 401 g/mol. The van der Waals surface area contributed by atoms with Gasteiger partial charge in [0.15, 0.2) is 0 Å². The van der Waals surface area contributed by atoms with E-state index in [-0.39, 0.29) is 17.2 Å². The van der Waals surface area contributed by atoms with E-state index in [4.69, 9.17) is 0 Å². The lowest BCUT2D eigenvalue weighted by Gasteiger charge is -2.13. The number of rotatable bonds is 5. The van der Waals surface area contributed by atoms with Crippen molar-refractivity contribution in [2.24, 2.45) is 0 Å². The molecule has 3 aromatic carbocycles. The van der Waals surface area contributed by atoms with Crippen LogP contribution in [-0.4, -0.2) is 31.7 Å². The highest BCUT2D eigenvalue weighted by atomic mass is 16.3.